The minimum atomic E-state index is -4.01. The Labute approximate surface area is 178 Å². The van der Waals surface area contributed by atoms with Crippen LogP contribution in [0.5, 0.6) is 0 Å². The number of rotatable bonds is 3. The van der Waals surface area contributed by atoms with Crippen LogP contribution in [-0.4, -0.2) is 38.4 Å². The van der Waals surface area contributed by atoms with Crippen LogP contribution in [0.25, 0.3) is 27.2 Å². The second-order valence-corrected chi connectivity index (χ2v) is 9.78. The standard InChI is InChI=1S/C24H20F2N2O2S/c1-28-10-8-16(9-11-28)22-20-13-18(25)14-21(26)23(20)27-24(22)31(29,30)19-7-6-15-4-2-3-5-17(15)12-19/h2-8,12-14,27H,9-11H2,1H3. The maximum absolute atomic E-state index is 14.6. The fraction of sp³-hybridized carbons (Fsp3) is 0.167. The molecule has 1 aliphatic rings. The van der Waals surface area contributed by atoms with E-state index in [1.165, 1.54) is 6.07 Å². The molecule has 0 bridgehead atoms. The molecule has 0 spiro atoms. The molecule has 31 heavy (non-hydrogen) atoms. The largest absolute Gasteiger partial charge is 0.342 e. The van der Waals surface area contributed by atoms with Crippen molar-refractivity contribution in [3.63, 3.8) is 0 Å². The minimum Gasteiger partial charge on any atom is -0.342 e. The van der Waals surface area contributed by atoms with Crippen LogP contribution in [0.3, 0.4) is 0 Å². The lowest BCUT2D eigenvalue weighted by atomic mass is 9.99. The summed E-state index contributed by atoms with van der Waals surface area (Å²) in [6.07, 6.45) is 2.51. The molecule has 0 radical (unpaired) electrons. The maximum Gasteiger partial charge on any atom is 0.222 e. The highest BCUT2D eigenvalue weighted by atomic mass is 32.2. The normalized spacial score (nSPS) is 15.5. The molecule has 4 aromatic rings. The van der Waals surface area contributed by atoms with Crippen molar-refractivity contribution >= 4 is 37.1 Å². The summed E-state index contributed by atoms with van der Waals surface area (Å²) in [6.45, 7) is 1.36. The van der Waals surface area contributed by atoms with E-state index >= 15 is 0 Å². The van der Waals surface area contributed by atoms with E-state index in [9.17, 15) is 17.2 Å². The quantitative estimate of drug-likeness (QED) is 0.481. The first kappa shape index (κ1) is 19.9. The summed E-state index contributed by atoms with van der Waals surface area (Å²) < 4.78 is 56.0. The van der Waals surface area contributed by atoms with Crippen LogP contribution in [-0.2, 0) is 9.84 Å². The lowest BCUT2D eigenvalue weighted by Gasteiger charge is -2.22. The Morgan fingerprint density at radius 3 is 2.52 bits per heavy atom. The van der Waals surface area contributed by atoms with Crippen molar-refractivity contribution < 1.29 is 17.2 Å². The van der Waals surface area contributed by atoms with E-state index in [1.807, 2.05) is 37.4 Å². The van der Waals surface area contributed by atoms with Crippen molar-refractivity contribution in [2.24, 2.45) is 0 Å². The van der Waals surface area contributed by atoms with Gasteiger partial charge in [0.1, 0.15) is 16.7 Å². The Kier molecular flexibility index (Phi) is 4.68. The molecule has 0 aliphatic carbocycles. The second-order valence-electron chi connectivity index (χ2n) is 7.89. The molecule has 0 amide bonds. The number of aromatic nitrogens is 1. The fourth-order valence-corrected chi connectivity index (χ4v) is 5.68. The summed E-state index contributed by atoms with van der Waals surface area (Å²) >= 11 is 0. The monoisotopic (exact) mass is 438 g/mol. The highest BCUT2D eigenvalue weighted by molar-refractivity contribution is 7.91. The zero-order valence-electron chi connectivity index (χ0n) is 16.8. The molecule has 0 fully saturated rings. The van der Waals surface area contributed by atoms with Crippen LogP contribution in [0.4, 0.5) is 8.78 Å². The maximum atomic E-state index is 14.6. The van der Waals surface area contributed by atoms with Gasteiger partial charge in [0, 0.05) is 30.1 Å². The van der Waals surface area contributed by atoms with Gasteiger partial charge in [-0.05, 0) is 48.0 Å². The third kappa shape index (κ3) is 3.34. The molecule has 0 unspecified atom stereocenters. The molecule has 1 N–H and O–H groups in total. The van der Waals surface area contributed by atoms with Crippen LogP contribution in [0.1, 0.15) is 12.0 Å². The lowest BCUT2D eigenvalue weighted by molar-refractivity contribution is 0.370. The number of halogens is 2. The van der Waals surface area contributed by atoms with Gasteiger partial charge in [0.15, 0.2) is 0 Å². The van der Waals surface area contributed by atoms with Crippen LogP contribution < -0.4 is 0 Å². The third-order valence-electron chi connectivity index (χ3n) is 5.82. The molecule has 1 aromatic heterocycles. The number of hydrogen-bond donors (Lipinski definition) is 1. The van der Waals surface area contributed by atoms with Crippen LogP contribution >= 0.6 is 0 Å². The van der Waals surface area contributed by atoms with Gasteiger partial charge in [0.25, 0.3) is 0 Å². The van der Waals surface area contributed by atoms with Crippen molar-refractivity contribution in [2.75, 3.05) is 20.1 Å². The van der Waals surface area contributed by atoms with Gasteiger partial charge in [-0.2, -0.15) is 0 Å². The first-order valence-corrected chi connectivity index (χ1v) is 11.5. The van der Waals surface area contributed by atoms with Gasteiger partial charge >= 0.3 is 0 Å². The molecule has 3 aromatic carbocycles. The van der Waals surface area contributed by atoms with E-state index < -0.39 is 21.5 Å². The molecule has 0 saturated carbocycles. The number of hydrogen-bond acceptors (Lipinski definition) is 3. The van der Waals surface area contributed by atoms with Gasteiger partial charge in [-0.15, -0.1) is 0 Å². The molecule has 4 nitrogen and oxygen atoms in total. The Hall–Kier alpha value is -3.03. The summed E-state index contributed by atoms with van der Waals surface area (Å²) in [5.74, 6) is -1.56. The smallest absolute Gasteiger partial charge is 0.222 e. The van der Waals surface area contributed by atoms with Gasteiger partial charge in [0.2, 0.25) is 9.84 Å². The molecule has 0 saturated heterocycles. The predicted octanol–water partition coefficient (Wildman–Crippen LogP) is 5.15. The van der Waals surface area contributed by atoms with Crippen LogP contribution in [0, 0.1) is 11.6 Å². The average molecular weight is 438 g/mol. The van der Waals surface area contributed by atoms with E-state index in [0.29, 0.717) is 18.5 Å². The van der Waals surface area contributed by atoms with Gasteiger partial charge in [0.05, 0.1) is 10.4 Å². The first-order valence-electron chi connectivity index (χ1n) is 9.97. The van der Waals surface area contributed by atoms with Crippen LogP contribution in [0.15, 0.2) is 70.6 Å². The Morgan fingerprint density at radius 2 is 1.77 bits per heavy atom. The number of aromatic amines is 1. The lowest BCUT2D eigenvalue weighted by Crippen LogP contribution is -2.24. The summed E-state index contributed by atoms with van der Waals surface area (Å²) in [6, 6.07) is 14.3. The number of H-pyrrole nitrogens is 1. The zero-order chi connectivity index (χ0) is 21.8. The summed E-state index contributed by atoms with van der Waals surface area (Å²) in [7, 11) is -2.05. The summed E-state index contributed by atoms with van der Waals surface area (Å²) in [5.41, 5.74) is 1.12. The van der Waals surface area contributed by atoms with E-state index in [-0.39, 0.29) is 20.8 Å². The van der Waals surface area contributed by atoms with E-state index in [1.54, 1.807) is 18.2 Å². The fourth-order valence-electron chi connectivity index (χ4n) is 4.17. The molecule has 1 aliphatic heterocycles. The van der Waals surface area contributed by atoms with Crippen molar-refractivity contribution in [1.29, 1.82) is 0 Å². The first-order chi connectivity index (χ1) is 14.8. The van der Waals surface area contributed by atoms with Gasteiger partial charge < -0.3 is 9.88 Å². The molecule has 5 rings (SSSR count). The van der Waals surface area contributed by atoms with Gasteiger partial charge in [-0.3, -0.25) is 0 Å². The SMILES string of the molecule is CN1CC=C(c2c(S(=O)(=O)c3ccc4ccccc4c3)[nH]c3c(F)cc(F)cc23)CC1. The second kappa shape index (κ2) is 7.28. The van der Waals surface area contributed by atoms with Gasteiger partial charge in [-0.1, -0.05) is 36.4 Å². The zero-order valence-corrected chi connectivity index (χ0v) is 17.6. The predicted molar refractivity (Wildman–Crippen MR) is 118 cm³/mol. The summed E-state index contributed by atoms with van der Waals surface area (Å²) in [5, 5.41) is 1.85. The number of nitrogens with one attached hydrogen (secondary N) is 1. The number of fused-ring (bicyclic) bond motifs is 2. The molecular formula is C24H20F2N2O2S. The average Bonchev–Trinajstić information content (AvgIpc) is 3.14. The van der Waals surface area contributed by atoms with E-state index in [0.717, 1.165) is 29.0 Å². The number of likely N-dealkylation sites (N-methyl/N-ethyl adjacent to an activating group) is 1. The number of sulfone groups is 1. The van der Waals surface area contributed by atoms with Crippen molar-refractivity contribution in [2.45, 2.75) is 16.3 Å². The van der Waals surface area contributed by atoms with Gasteiger partial charge in [-0.25, -0.2) is 17.2 Å². The highest BCUT2D eigenvalue weighted by Gasteiger charge is 2.29. The van der Waals surface area contributed by atoms with Crippen molar-refractivity contribution in [3.8, 4) is 0 Å². The Morgan fingerprint density at radius 1 is 1.00 bits per heavy atom. The van der Waals surface area contributed by atoms with E-state index in [2.05, 4.69) is 9.88 Å². The number of benzene rings is 3. The molecule has 0 atom stereocenters. The van der Waals surface area contributed by atoms with E-state index in [4.69, 9.17) is 0 Å². The molecular weight excluding hydrogens is 418 g/mol. The minimum absolute atomic E-state index is 0.00408. The molecule has 7 heteroatoms. The number of nitrogens with zero attached hydrogens (tertiary/aromatic N) is 1. The molecule has 158 valence electrons. The highest BCUT2D eigenvalue weighted by Crippen LogP contribution is 2.38. The van der Waals surface area contributed by atoms with Crippen molar-refractivity contribution in [1.82, 2.24) is 9.88 Å². The van der Waals surface area contributed by atoms with Crippen LogP contribution in [0.2, 0.25) is 0 Å². The Balaban J connectivity index is 1.78. The topological polar surface area (TPSA) is 53.2 Å². The Bertz CT molecular complexity index is 1470. The third-order valence-corrected chi connectivity index (χ3v) is 7.54. The van der Waals surface area contributed by atoms with Crippen molar-refractivity contribution in [3.05, 3.63) is 77.9 Å². The summed E-state index contributed by atoms with van der Waals surface area (Å²) in [4.78, 5) is 4.97. The molecule has 2 heterocycles.